The Morgan fingerprint density at radius 2 is 1.74 bits per heavy atom. The van der Waals surface area contributed by atoms with Crippen molar-refractivity contribution in [3.8, 4) is 0 Å². The minimum absolute atomic E-state index is 0.195. The molecule has 0 saturated carbocycles. The van der Waals surface area contributed by atoms with Crippen LogP contribution in [0.1, 0.15) is 41.6 Å². The summed E-state index contributed by atoms with van der Waals surface area (Å²) in [5, 5.41) is 2.46. The quantitative estimate of drug-likeness (QED) is 0.595. The largest absolute Gasteiger partial charge is 0.354 e. The van der Waals surface area contributed by atoms with Gasteiger partial charge in [-0.25, -0.2) is 4.98 Å². The van der Waals surface area contributed by atoms with Crippen molar-refractivity contribution in [2.24, 2.45) is 5.92 Å². The third-order valence-electron chi connectivity index (χ3n) is 8.11. The summed E-state index contributed by atoms with van der Waals surface area (Å²) in [6, 6.07) is 13.5. The smallest absolute Gasteiger partial charge is 0.254 e. The van der Waals surface area contributed by atoms with Crippen LogP contribution in [0, 0.1) is 5.92 Å². The first-order chi connectivity index (χ1) is 16.6. The number of amides is 1. The molecule has 0 spiro atoms. The van der Waals surface area contributed by atoms with E-state index < -0.39 is 0 Å². The third-order valence-corrected chi connectivity index (χ3v) is 8.11. The van der Waals surface area contributed by atoms with Gasteiger partial charge in [-0.05, 0) is 80.3 Å². The van der Waals surface area contributed by atoms with Gasteiger partial charge in [-0.1, -0.05) is 12.1 Å². The second-order valence-corrected chi connectivity index (χ2v) is 10.4. The van der Waals surface area contributed by atoms with Crippen LogP contribution in [-0.4, -0.2) is 71.0 Å². The SMILES string of the molecule is CN1CCN(c2cc(C(=O)N3[C@H]4CC[C@H]3CC(Cc3ccc5ccncc5c3)C4)ccn2)CC1. The lowest BCUT2D eigenvalue weighted by Crippen LogP contribution is -2.47. The molecule has 0 radical (unpaired) electrons. The molecule has 0 aliphatic carbocycles. The lowest BCUT2D eigenvalue weighted by atomic mass is 9.85. The summed E-state index contributed by atoms with van der Waals surface area (Å²) in [5.74, 6) is 1.77. The van der Waals surface area contributed by atoms with Crippen LogP contribution >= 0.6 is 0 Å². The summed E-state index contributed by atoms with van der Waals surface area (Å²) in [7, 11) is 2.15. The Labute approximate surface area is 201 Å². The second kappa shape index (κ2) is 8.99. The van der Waals surface area contributed by atoms with Crippen LogP contribution in [0.25, 0.3) is 10.8 Å². The lowest BCUT2D eigenvalue weighted by molar-refractivity contribution is 0.0524. The van der Waals surface area contributed by atoms with E-state index >= 15 is 0 Å². The number of nitrogens with zero attached hydrogens (tertiary/aromatic N) is 5. The molecule has 2 bridgehead atoms. The van der Waals surface area contributed by atoms with Crippen molar-refractivity contribution in [3.63, 3.8) is 0 Å². The van der Waals surface area contributed by atoms with Crippen molar-refractivity contribution in [3.05, 3.63) is 66.1 Å². The van der Waals surface area contributed by atoms with E-state index in [0.29, 0.717) is 18.0 Å². The molecule has 2 atom stereocenters. The summed E-state index contributed by atoms with van der Waals surface area (Å²) < 4.78 is 0. The number of likely N-dealkylation sites (N-methyl/N-ethyl adjacent to an activating group) is 1. The van der Waals surface area contributed by atoms with E-state index in [1.54, 1.807) is 0 Å². The normalized spacial score (nSPS) is 25.1. The third kappa shape index (κ3) is 4.16. The van der Waals surface area contributed by atoms with Gasteiger partial charge in [0, 0.05) is 67.8 Å². The van der Waals surface area contributed by atoms with Crippen LogP contribution in [0.5, 0.6) is 0 Å². The molecule has 3 saturated heterocycles. The number of rotatable bonds is 4. The van der Waals surface area contributed by atoms with E-state index in [1.165, 1.54) is 16.3 Å². The fourth-order valence-electron chi connectivity index (χ4n) is 6.29. The summed E-state index contributed by atoms with van der Waals surface area (Å²) in [6.07, 6.45) is 11.2. The number of piperazine rings is 1. The van der Waals surface area contributed by atoms with Crippen molar-refractivity contribution >= 4 is 22.5 Å². The number of aromatic nitrogens is 2. The fraction of sp³-hybridized carbons (Fsp3) is 0.464. The maximum absolute atomic E-state index is 13.6. The second-order valence-electron chi connectivity index (χ2n) is 10.4. The Hall–Kier alpha value is -2.99. The molecular weight excluding hydrogens is 422 g/mol. The molecule has 3 aliphatic heterocycles. The maximum atomic E-state index is 13.6. The highest BCUT2D eigenvalue weighted by Gasteiger charge is 2.43. The van der Waals surface area contributed by atoms with E-state index in [4.69, 9.17) is 0 Å². The highest BCUT2D eigenvalue weighted by molar-refractivity contribution is 5.95. The Kier molecular flexibility index (Phi) is 5.69. The van der Waals surface area contributed by atoms with E-state index in [2.05, 4.69) is 56.0 Å². The summed E-state index contributed by atoms with van der Waals surface area (Å²) >= 11 is 0. The van der Waals surface area contributed by atoms with Crippen LogP contribution in [0.4, 0.5) is 5.82 Å². The first kappa shape index (κ1) is 21.5. The van der Waals surface area contributed by atoms with Gasteiger partial charge in [0.2, 0.25) is 0 Å². The fourth-order valence-corrected chi connectivity index (χ4v) is 6.29. The van der Waals surface area contributed by atoms with Gasteiger partial charge in [0.25, 0.3) is 5.91 Å². The van der Waals surface area contributed by atoms with Gasteiger partial charge in [-0.3, -0.25) is 9.78 Å². The lowest BCUT2D eigenvalue weighted by Gasteiger charge is -2.39. The maximum Gasteiger partial charge on any atom is 0.254 e. The number of anilines is 1. The molecule has 3 aliphatic rings. The zero-order valence-corrected chi connectivity index (χ0v) is 19.9. The number of piperidine rings is 1. The van der Waals surface area contributed by atoms with E-state index in [-0.39, 0.29) is 5.91 Å². The molecule has 6 rings (SSSR count). The highest BCUT2D eigenvalue weighted by Crippen LogP contribution is 2.41. The molecule has 0 unspecified atom stereocenters. The predicted molar refractivity (Wildman–Crippen MR) is 135 cm³/mol. The van der Waals surface area contributed by atoms with Crippen molar-refractivity contribution in [2.75, 3.05) is 38.1 Å². The van der Waals surface area contributed by atoms with Gasteiger partial charge >= 0.3 is 0 Å². The zero-order chi connectivity index (χ0) is 23.1. The van der Waals surface area contributed by atoms with Gasteiger partial charge in [-0.2, -0.15) is 0 Å². The zero-order valence-electron chi connectivity index (χ0n) is 19.9. The van der Waals surface area contributed by atoms with Gasteiger partial charge in [-0.15, -0.1) is 0 Å². The first-order valence-corrected chi connectivity index (χ1v) is 12.7. The molecule has 6 heteroatoms. The molecule has 0 N–H and O–H groups in total. The molecule has 2 aromatic heterocycles. The minimum Gasteiger partial charge on any atom is -0.354 e. The number of benzene rings is 1. The molecule has 3 aromatic rings. The van der Waals surface area contributed by atoms with Crippen molar-refractivity contribution in [1.82, 2.24) is 19.8 Å². The molecule has 5 heterocycles. The average molecular weight is 456 g/mol. The monoisotopic (exact) mass is 455 g/mol. The van der Waals surface area contributed by atoms with Gasteiger partial charge in [0.15, 0.2) is 0 Å². The number of fused-ring (bicyclic) bond motifs is 3. The Morgan fingerprint density at radius 3 is 2.53 bits per heavy atom. The average Bonchev–Trinajstić information content (AvgIpc) is 3.14. The summed E-state index contributed by atoms with van der Waals surface area (Å²) in [6.45, 7) is 3.99. The van der Waals surface area contributed by atoms with Crippen LogP contribution < -0.4 is 4.90 Å². The Bertz CT molecular complexity index is 1170. The van der Waals surface area contributed by atoms with Gasteiger partial charge in [0.1, 0.15) is 5.82 Å². The van der Waals surface area contributed by atoms with Crippen LogP contribution in [0.15, 0.2) is 55.0 Å². The predicted octanol–water partition coefficient (Wildman–Crippen LogP) is 4.01. The topological polar surface area (TPSA) is 52.6 Å². The summed E-state index contributed by atoms with van der Waals surface area (Å²) in [5.41, 5.74) is 2.18. The van der Waals surface area contributed by atoms with Crippen LogP contribution in [0.3, 0.4) is 0 Å². The highest BCUT2D eigenvalue weighted by atomic mass is 16.2. The Balaban J connectivity index is 1.14. The van der Waals surface area contributed by atoms with E-state index in [1.807, 2.05) is 30.7 Å². The number of hydrogen-bond acceptors (Lipinski definition) is 5. The van der Waals surface area contributed by atoms with Gasteiger partial charge < -0.3 is 14.7 Å². The summed E-state index contributed by atoms with van der Waals surface area (Å²) in [4.78, 5) is 29.3. The molecule has 176 valence electrons. The number of pyridine rings is 2. The minimum atomic E-state index is 0.195. The molecule has 1 amide bonds. The van der Waals surface area contributed by atoms with Gasteiger partial charge in [0.05, 0.1) is 0 Å². The van der Waals surface area contributed by atoms with Crippen LogP contribution in [0.2, 0.25) is 0 Å². The van der Waals surface area contributed by atoms with Crippen molar-refractivity contribution in [2.45, 2.75) is 44.2 Å². The standard InChI is InChI=1S/C28H33N5O/c1-31-10-12-32(13-11-31)27-18-23(7-9-30-27)28(34)33-25-4-5-26(33)17-21(16-25)14-20-2-3-22-6-8-29-19-24(22)15-20/h2-3,6-9,15,18-19,21,25-26H,4-5,10-14,16-17H2,1H3/t25-,26-/m0/s1. The number of hydrogen-bond donors (Lipinski definition) is 0. The Morgan fingerprint density at radius 1 is 0.941 bits per heavy atom. The molecule has 3 fully saturated rings. The van der Waals surface area contributed by atoms with E-state index in [9.17, 15) is 4.79 Å². The molecule has 34 heavy (non-hydrogen) atoms. The molecule has 6 nitrogen and oxygen atoms in total. The molecule has 1 aromatic carbocycles. The number of carbonyl (C=O) groups is 1. The molecular formula is C28H33N5O. The number of carbonyl (C=O) groups excluding carboxylic acids is 1. The van der Waals surface area contributed by atoms with Crippen molar-refractivity contribution < 1.29 is 4.79 Å². The van der Waals surface area contributed by atoms with E-state index in [0.717, 1.165) is 69.7 Å². The van der Waals surface area contributed by atoms with Crippen LogP contribution in [-0.2, 0) is 6.42 Å². The van der Waals surface area contributed by atoms with Crippen molar-refractivity contribution in [1.29, 1.82) is 0 Å². The first-order valence-electron chi connectivity index (χ1n) is 12.7.